The number of rotatable bonds is 5. The van der Waals surface area contributed by atoms with Crippen LogP contribution in [0.25, 0.3) is 0 Å². The van der Waals surface area contributed by atoms with Gasteiger partial charge in [-0.15, -0.1) is 0 Å². The minimum absolute atomic E-state index is 0.290. The quantitative estimate of drug-likeness (QED) is 0.785. The van der Waals surface area contributed by atoms with E-state index in [2.05, 4.69) is 22.2 Å². The third-order valence-electron chi connectivity index (χ3n) is 3.71. The number of nitrogens with zero attached hydrogens (tertiary/aromatic N) is 2. The van der Waals surface area contributed by atoms with Gasteiger partial charge in [0, 0.05) is 23.8 Å². The number of hydrogen-bond acceptors (Lipinski definition) is 4. The third-order valence-corrected chi connectivity index (χ3v) is 3.71. The van der Waals surface area contributed by atoms with Gasteiger partial charge in [0.05, 0.1) is 0 Å². The lowest BCUT2D eigenvalue weighted by Crippen LogP contribution is -2.22. The fraction of sp³-hybridized carbons (Fsp3) is 0.714. The summed E-state index contributed by atoms with van der Waals surface area (Å²) in [5.41, 5.74) is 8.50. The number of hydrogen-bond donors (Lipinski definition) is 2. The Morgan fingerprint density at radius 1 is 1.28 bits per heavy atom. The number of nitrogens with two attached hydrogens (primary N) is 1. The molecule has 1 unspecified atom stereocenters. The monoisotopic (exact) mass is 248 g/mol. The van der Waals surface area contributed by atoms with Gasteiger partial charge in [0.2, 0.25) is 0 Å². The third kappa shape index (κ3) is 3.42. The predicted octanol–water partition coefficient (Wildman–Crippen LogP) is 2.28. The van der Waals surface area contributed by atoms with Crippen molar-refractivity contribution in [2.45, 2.75) is 57.9 Å². The zero-order chi connectivity index (χ0) is 12.8. The maximum absolute atomic E-state index is 5.93. The molecule has 2 rings (SSSR count). The molecule has 1 aromatic rings. The van der Waals surface area contributed by atoms with E-state index in [4.69, 9.17) is 5.73 Å². The van der Waals surface area contributed by atoms with Crippen molar-refractivity contribution in [3.8, 4) is 0 Å². The zero-order valence-electron chi connectivity index (χ0n) is 11.3. The summed E-state index contributed by atoms with van der Waals surface area (Å²) in [6.07, 6.45) is 9.73. The van der Waals surface area contributed by atoms with Gasteiger partial charge in [0.1, 0.15) is 12.1 Å². The highest BCUT2D eigenvalue weighted by atomic mass is 15.0. The van der Waals surface area contributed by atoms with E-state index in [0.29, 0.717) is 0 Å². The van der Waals surface area contributed by atoms with E-state index >= 15 is 0 Å². The van der Waals surface area contributed by atoms with Crippen molar-refractivity contribution < 1.29 is 0 Å². The van der Waals surface area contributed by atoms with Gasteiger partial charge in [-0.1, -0.05) is 13.3 Å². The Morgan fingerprint density at radius 3 is 2.94 bits per heavy atom. The molecule has 0 bridgehead atoms. The molecule has 0 aliphatic heterocycles. The number of anilines is 1. The normalized spacial score (nSPS) is 16.8. The molecule has 1 aliphatic rings. The molecule has 1 atom stereocenters. The van der Waals surface area contributed by atoms with E-state index < -0.39 is 0 Å². The topological polar surface area (TPSA) is 63.8 Å². The van der Waals surface area contributed by atoms with Gasteiger partial charge in [0.25, 0.3) is 0 Å². The van der Waals surface area contributed by atoms with Crippen molar-refractivity contribution in [2.24, 2.45) is 5.73 Å². The highest BCUT2D eigenvalue weighted by molar-refractivity contribution is 5.46. The molecule has 1 aliphatic carbocycles. The van der Waals surface area contributed by atoms with Gasteiger partial charge in [-0.3, -0.25) is 0 Å². The Morgan fingerprint density at radius 2 is 2.11 bits per heavy atom. The summed E-state index contributed by atoms with van der Waals surface area (Å²) >= 11 is 0. The van der Waals surface area contributed by atoms with Crippen LogP contribution < -0.4 is 11.1 Å². The molecule has 0 fully saturated rings. The molecule has 1 aromatic heterocycles. The van der Waals surface area contributed by atoms with E-state index in [9.17, 15) is 0 Å². The second-order valence-corrected chi connectivity index (χ2v) is 5.09. The van der Waals surface area contributed by atoms with Crippen LogP contribution in [0.15, 0.2) is 6.33 Å². The van der Waals surface area contributed by atoms with Crippen molar-refractivity contribution in [1.82, 2.24) is 9.97 Å². The van der Waals surface area contributed by atoms with Crippen LogP contribution in [-0.4, -0.2) is 22.6 Å². The largest absolute Gasteiger partial charge is 0.370 e. The lowest BCUT2D eigenvalue weighted by atomic mass is 10.1. The minimum Gasteiger partial charge on any atom is -0.370 e. The molecule has 0 saturated heterocycles. The van der Waals surface area contributed by atoms with Crippen LogP contribution in [0.5, 0.6) is 0 Å². The van der Waals surface area contributed by atoms with Gasteiger partial charge < -0.3 is 11.1 Å². The van der Waals surface area contributed by atoms with Gasteiger partial charge in [-0.05, 0) is 38.5 Å². The first-order chi connectivity index (χ1) is 8.81. The Hall–Kier alpha value is -1.16. The summed E-state index contributed by atoms with van der Waals surface area (Å²) in [5.74, 6) is 1.03. The molecule has 3 N–H and O–H groups in total. The fourth-order valence-corrected chi connectivity index (χ4v) is 2.43. The molecule has 18 heavy (non-hydrogen) atoms. The molecule has 0 radical (unpaired) electrons. The first kappa shape index (κ1) is 13.3. The molecular weight excluding hydrogens is 224 g/mol. The van der Waals surface area contributed by atoms with Crippen molar-refractivity contribution in [1.29, 1.82) is 0 Å². The average Bonchev–Trinajstić information content (AvgIpc) is 2.64. The number of aromatic nitrogens is 2. The van der Waals surface area contributed by atoms with Crippen molar-refractivity contribution >= 4 is 5.82 Å². The van der Waals surface area contributed by atoms with E-state index in [-0.39, 0.29) is 6.04 Å². The number of aryl methyl sites for hydroxylation is 1. The second kappa shape index (κ2) is 6.69. The smallest absolute Gasteiger partial charge is 0.132 e. The van der Waals surface area contributed by atoms with Crippen LogP contribution in [0.4, 0.5) is 5.82 Å². The summed E-state index contributed by atoms with van der Waals surface area (Å²) in [4.78, 5) is 8.82. The second-order valence-electron chi connectivity index (χ2n) is 5.09. The summed E-state index contributed by atoms with van der Waals surface area (Å²) in [7, 11) is 0. The van der Waals surface area contributed by atoms with Crippen LogP contribution in [0.3, 0.4) is 0 Å². The maximum atomic E-state index is 5.93. The zero-order valence-corrected chi connectivity index (χ0v) is 11.3. The predicted molar refractivity (Wildman–Crippen MR) is 74.7 cm³/mol. The molecule has 4 heteroatoms. The lowest BCUT2D eigenvalue weighted by Gasteiger charge is -2.14. The summed E-state index contributed by atoms with van der Waals surface area (Å²) in [6, 6.07) is 0.290. The molecule has 0 saturated carbocycles. The lowest BCUT2D eigenvalue weighted by molar-refractivity contribution is 0.612. The highest BCUT2D eigenvalue weighted by Gasteiger charge is 2.13. The fourth-order valence-electron chi connectivity index (χ4n) is 2.43. The van der Waals surface area contributed by atoms with E-state index in [1.165, 1.54) is 30.5 Å². The van der Waals surface area contributed by atoms with Gasteiger partial charge >= 0.3 is 0 Å². The highest BCUT2D eigenvalue weighted by Crippen LogP contribution is 2.23. The van der Waals surface area contributed by atoms with Gasteiger partial charge in [-0.2, -0.15) is 0 Å². The van der Waals surface area contributed by atoms with E-state index in [1.54, 1.807) is 6.33 Å². The molecular formula is C14H24N4. The van der Waals surface area contributed by atoms with Crippen LogP contribution in [0.2, 0.25) is 0 Å². The summed E-state index contributed by atoms with van der Waals surface area (Å²) in [6.45, 7) is 3.03. The van der Waals surface area contributed by atoms with Crippen LogP contribution in [0.1, 0.15) is 50.3 Å². The molecule has 4 nitrogen and oxygen atoms in total. The van der Waals surface area contributed by atoms with Crippen LogP contribution in [-0.2, 0) is 12.8 Å². The average molecular weight is 248 g/mol. The molecule has 0 aromatic carbocycles. The Bertz CT molecular complexity index is 378. The molecule has 1 heterocycles. The van der Waals surface area contributed by atoms with Crippen LogP contribution >= 0.6 is 0 Å². The first-order valence-electron chi connectivity index (χ1n) is 7.13. The van der Waals surface area contributed by atoms with Crippen molar-refractivity contribution in [2.75, 3.05) is 11.9 Å². The van der Waals surface area contributed by atoms with Crippen LogP contribution in [0, 0.1) is 0 Å². The Labute approximate surface area is 109 Å². The standard InChI is InChI=1S/C14H24N4/c1-2-11(15)8-9-16-14-12-6-4-3-5-7-13(12)17-10-18-14/h10-11H,2-9,15H2,1H3,(H,16,17,18). The summed E-state index contributed by atoms with van der Waals surface area (Å²) in [5, 5.41) is 3.43. The Kier molecular flexibility index (Phi) is 4.93. The van der Waals surface area contributed by atoms with E-state index in [0.717, 1.165) is 38.0 Å². The Balaban J connectivity index is 1.99. The van der Waals surface area contributed by atoms with E-state index in [1.807, 2.05) is 0 Å². The first-order valence-corrected chi connectivity index (χ1v) is 7.13. The number of nitrogens with one attached hydrogen (secondary N) is 1. The summed E-state index contributed by atoms with van der Waals surface area (Å²) < 4.78 is 0. The SMILES string of the molecule is CCC(N)CCNc1ncnc2c1CCCCC2. The van der Waals surface area contributed by atoms with Gasteiger partial charge in [-0.25, -0.2) is 9.97 Å². The molecule has 0 amide bonds. The van der Waals surface area contributed by atoms with Crippen molar-refractivity contribution in [3.63, 3.8) is 0 Å². The number of fused-ring (bicyclic) bond motifs is 1. The van der Waals surface area contributed by atoms with Crippen molar-refractivity contribution in [3.05, 3.63) is 17.6 Å². The van der Waals surface area contributed by atoms with Gasteiger partial charge in [0.15, 0.2) is 0 Å². The minimum atomic E-state index is 0.290. The maximum Gasteiger partial charge on any atom is 0.132 e. The molecule has 0 spiro atoms. The molecule has 100 valence electrons.